The van der Waals surface area contributed by atoms with Crippen LogP contribution in [0.3, 0.4) is 0 Å². The fraction of sp³-hybridized carbons (Fsp3) is 0.455. The molecule has 1 unspecified atom stereocenters. The number of amides is 2. The number of hydrogen-bond acceptors (Lipinski definition) is 4. The SMILES string of the molecule is CCCN(CCC)C(=O)C1([C@H](Cc2cc(F)cc(F)c2)[C@@H](O)CN[C@H](C)c2cccc(Br)c2)C=C(C)C=C(C(N)=O)C1. The number of benzene rings is 2. The average Bonchev–Trinajstić information content (AvgIpc) is 2.93. The van der Waals surface area contributed by atoms with Crippen molar-refractivity contribution in [1.29, 1.82) is 0 Å². The number of allylic oxidation sites excluding steroid dienone is 2. The summed E-state index contributed by atoms with van der Waals surface area (Å²) in [6.45, 7) is 8.79. The molecule has 0 heterocycles. The highest BCUT2D eigenvalue weighted by molar-refractivity contribution is 9.10. The lowest BCUT2D eigenvalue weighted by molar-refractivity contribution is -0.145. The molecule has 0 radical (unpaired) electrons. The van der Waals surface area contributed by atoms with Gasteiger partial charge in [0.15, 0.2) is 0 Å². The van der Waals surface area contributed by atoms with Gasteiger partial charge in [0.1, 0.15) is 11.6 Å². The fourth-order valence-corrected chi connectivity index (χ4v) is 6.38. The van der Waals surface area contributed by atoms with E-state index in [0.29, 0.717) is 24.2 Å². The Bertz CT molecular complexity index is 1310. The molecular formula is C33H42BrF2N3O3. The molecule has 42 heavy (non-hydrogen) atoms. The summed E-state index contributed by atoms with van der Waals surface area (Å²) in [6.07, 6.45) is 3.75. The van der Waals surface area contributed by atoms with Gasteiger partial charge in [0.25, 0.3) is 0 Å². The maximum atomic E-state index is 14.6. The van der Waals surface area contributed by atoms with Gasteiger partial charge in [-0.3, -0.25) is 9.59 Å². The number of nitrogens with two attached hydrogens (primary N) is 1. The van der Waals surface area contributed by atoms with Crippen molar-refractivity contribution in [2.24, 2.45) is 17.1 Å². The summed E-state index contributed by atoms with van der Waals surface area (Å²) < 4.78 is 29.6. The molecule has 0 bridgehead atoms. The van der Waals surface area contributed by atoms with Crippen molar-refractivity contribution in [2.45, 2.75) is 65.5 Å². The lowest BCUT2D eigenvalue weighted by atomic mass is 9.63. The van der Waals surface area contributed by atoms with Crippen molar-refractivity contribution in [2.75, 3.05) is 19.6 Å². The van der Waals surface area contributed by atoms with E-state index in [1.165, 1.54) is 12.1 Å². The third-order valence-electron chi connectivity index (χ3n) is 7.84. The predicted molar refractivity (Wildman–Crippen MR) is 165 cm³/mol. The molecule has 228 valence electrons. The standard InChI is InChI=1S/C33H42BrF2N3O3/c1-5-10-39(11-6-2)32(42)33(18-21(3)12-25(19-33)31(37)41)29(15-23-13-27(35)17-28(36)14-23)30(40)20-38-22(4)24-8-7-9-26(34)16-24/h7-9,12-14,16-18,22,29-30,38,40H,5-6,10-11,15,19-20H2,1-4H3,(H2,37,41)/t22-,29-,30+,33?/m1/s1. The first-order valence-corrected chi connectivity index (χ1v) is 15.3. The summed E-state index contributed by atoms with van der Waals surface area (Å²) >= 11 is 3.49. The van der Waals surface area contributed by atoms with E-state index in [0.717, 1.165) is 28.9 Å². The predicted octanol–water partition coefficient (Wildman–Crippen LogP) is 5.99. The fourth-order valence-electron chi connectivity index (χ4n) is 5.96. The second-order valence-electron chi connectivity index (χ2n) is 11.3. The van der Waals surface area contributed by atoms with Crippen molar-refractivity contribution >= 4 is 27.7 Å². The van der Waals surface area contributed by atoms with Crippen LogP contribution in [0.1, 0.15) is 64.1 Å². The van der Waals surface area contributed by atoms with Crippen molar-refractivity contribution in [3.63, 3.8) is 0 Å². The quantitative estimate of drug-likeness (QED) is 0.235. The molecule has 4 atom stereocenters. The number of nitrogens with one attached hydrogen (secondary N) is 1. The first-order valence-electron chi connectivity index (χ1n) is 14.5. The zero-order chi connectivity index (χ0) is 31.0. The van der Waals surface area contributed by atoms with Gasteiger partial charge in [0.2, 0.25) is 11.8 Å². The molecule has 0 spiro atoms. The molecular weight excluding hydrogens is 604 g/mol. The Balaban J connectivity index is 2.12. The highest BCUT2D eigenvalue weighted by Crippen LogP contribution is 2.46. The van der Waals surface area contributed by atoms with Crippen molar-refractivity contribution in [1.82, 2.24) is 10.2 Å². The Hall–Kier alpha value is -2.88. The van der Waals surface area contributed by atoms with E-state index in [1.807, 2.05) is 45.0 Å². The number of nitrogens with zero attached hydrogens (tertiary/aromatic N) is 1. The van der Waals surface area contributed by atoms with Crippen molar-refractivity contribution in [3.8, 4) is 0 Å². The number of carbonyl (C=O) groups excluding carboxylic acids is 2. The molecule has 2 aromatic rings. The Morgan fingerprint density at radius 2 is 1.76 bits per heavy atom. The summed E-state index contributed by atoms with van der Waals surface area (Å²) in [5.41, 5.74) is 6.61. The van der Waals surface area contributed by atoms with Crippen LogP contribution in [0.2, 0.25) is 0 Å². The van der Waals surface area contributed by atoms with Crippen LogP contribution in [0.25, 0.3) is 0 Å². The molecule has 6 nitrogen and oxygen atoms in total. The van der Waals surface area contributed by atoms with E-state index in [9.17, 15) is 23.5 Å². The molecule has 0 aliphatic heterocycles. The van der Waals surface area contributed by atoms with Crippen molar-refractivity contribution in [3.05, 3.63) is 93.0 Å². The highest BCUT2D eigenvalue weighted by Gasteiger charge is 2.50. The van der Waals surface area contributed by atoms with Gasteiger partial charge in [-0.1, -0.05) is 59.6 Å². The minimum absolute atomic E-state index is 0.00353. The third kappa shape index (κ3) is 8.36. The van der Waals surface area contributed by atoms with E-state index < -0.39 is 35.0 Å². The topological polar surface area (TPSA) is 95.7 Å². The van der Waals surface area contributed by atoms with E-state index in [1.54, 1.807) is 24.0 Å². The van der Waals surface area contributed by atoms with Crippen LogP contribution in [-0.2, 0) is 16.0 Å². The summed E-state index contributed by atoms with van der Waals surface area (Å²) in [5, 5.41) is 15.2. The Morgan fingerprint density at radius 1 is 1.12 bits per heavy atom. The number of primary amides is 1. The van der Waals surface area contributed by atoms with Crippen LogP contribution in [0.4, 0.5) is 8.78 Å². The molecule has 1 aliphatic rings. The summed E-state index contributed by atoms with van der Waals surface area (Å²) in [7, 11) is 0. The minimum atomic E-state index is -1.38. The molecule has 2 aromatic carbocycles. The summed E-state index contributed by atoms with van der Waals surface area (Å²) in [6, 6.07) is 10.9. The summed E-state index contributed by atoms with van der Waals surface area (Å²) in [5.74, 6) is -3.22. The van der Waals surface area contributed by atoms with Gasteiger partial charge < -0.3 is 21.1 Å². The molecule has 9 heteroatoms. The Morgan fingerprint density at radius 3 is 2.33 bits per heavy atom. The minimum Gasteiger partial charge on any atom is -0.391 e. The molecule has 1 aliphatic carbocycles. The van der Waals surface area contributed by atoms with Gasteiger partial charge in [-0.15, -0.1) is 0 Å². The van der Waals surface area contributed by atoms with Gasteiger partial charge >= 0.3 is 0 Å². The summed E-state index contributed by atoms with van der Waals surface area (Å²) in [4.78, 5) is 28.9. The second kappa shape index (κ2) is 15.0. The molecule has 0 fully saturated rings. The van der Waals surface area contributed by atoms with E-state index in [-0.39, 0.29) is 36.9 Å². The second-order valence-corrected chi connectivity index (χ2v) is 12.2. The first kappa shape index (κ1) is 33.6. The van der Waals surface area contributed by atoms with E-state index >= 15 is 0 Å². The normalized spacial score (nSPS) is 19.0. The number of rotatable bonds is 14. The van der Waals surface area contributed by atoms with Crippen LogP contribution in [0.15, 0.2) is 70.2 Å². The van der Waals surface area contributed by atoms with Gasteiger partial charge in [-0.25, -0.2) is 8.78 Å². The third-order valence-corrected chi connectivity index (χ3v) is 8.34. The van der Waals surface area contributed by atoms with Gasteiger partial charge in [-0.05, 0) is 74.9 Å². The highest BCUT2D eigenvalue weighted by atomic mass is 79.9. The molecule has 0 aromatic heterocycles. The first-order chi connectivity index (χ1) is 19.9. The van der Waals surface area contributed by atoms with Crippen molar-refractivity contribution < 1.29 is 23.5 Å². The number of aliphatic hydroxyl groups excluding tert-OH is 1. The monoisotopic (exact) mass is 645 g/mol. The number of carbonyl (C=O) groups is 2. The van der Waals surface area contributed by atoms with Gasteiger partial charge in [0.05, 0.1) is 11.5 Å². The Labute approximate surface area is 256 Å². The maximum Gasteiger partial charge on any atom is 0.244 e. The van der Waals surface area contributed by atoms with Crippen LogP contribution < -0.4 is 11.1 Å². The van der Waals surface area contributed by atoms with Crippen LogP contribution in [0.5, 0.6) is 0 Å². The molecule has 3 rings (SSSR count). The largest absolute Gasteiger partial charge is 0.391 e. The maximum absolute atomic E-state index is 14.6. The van der Waals surface area contributed by atoms with E-state index in [4.69, 9.17) is 5.73 Å². The van der Waals surface area contributed by atoms with Crippen LogP contribution in [0, 0.1) is 23.0 Å². The van der Waals surface area contributed by atoms with Gasteiger partial charge in [0, 0.05) is 47.7 Å². The van der Waals surface area contributed by atoms with Crippen LogP contribution in [-0.4, -0.2) is 47.6 Å². The molecule has 0 saturated heterocycles. The number of hydrogen-bond donors (Lipinski definition) is 3. The smallest absolute Gasteiger partial charge is 0.244 e. The van der Waals surface area contributed by atoms with Gasteiger partial charge in [-0.2, -0.15) is 0 Å². The molecule has 0 saturated carbocycles. The van der Waals surface area contributed by atoms with E-state index in [2.05, 4.69) is 21.2 Å². The molecule has 4 N–H and O–H groups in total. The number of halogens is 3. The number of aliphatic hydroxyl groups is 1. The zero-order valence-corrected chi connectivity index (χ0v) is 26.4. The lowest BCUT2D eigenvalue weighted by Gasteiger charge is -2.45. The zero-order valence-electron chi connectivity index (χ0n) is 24.8. The molecule has 2 amide bonds. The van der Waals surface area contributed by atoms with Crippen LogP contribution >= 0.6 is 15.9 Å². The Kier molecular flexibility index (Phi) is 12.0. The average molecular weight is 647 g/mol. The lowest BCUT2D eigenvalue weighted by Crippen LogP contribution is -2.54.